The number of hydrogen-bond acceptors (Lipinski definition) is 4. The normalized spacial score (nSPS) is 20.3. The third kappa shape index (κ3) is 2.75. The van der Waals surface area contributed by atoms with E-state index in [4.69, 9.17) is 9.47 Å². The van der Waals surface area contributed by atoms with Crippen molar-refractivity contribution in [2.24, 2.45) is 0 Å². The number of aromatic nitrogens is 2. The maximum absolute atomic E-state index is 13.1. The van der Waals surface area contributed by atoms with Crippen LogP contribution in [0.1, 0.15) is 23.4 Å². The second-order valence-electron chi connectivity index (χ2n) is 6.61. The zero-order valence-electron chi connectivity index (χ0n) is 14.1. The summed E-state index contributed by atoms with van der Waals surface area (Å²) in [6.45, 7) is 8.05. The van der Waals surface area contributed by atoms with Gasteiger partial charge in [0.25, 0.3) is 0 Å². The van der Waals surface area contributed by atoms with Gasteiger partial charge in [-0.05, 0) is 38.1 Å². The summed E-state index contributed by atoms with van der Waals surface area (Å²) < 4.78 is 26.6. The van der Waals surface area contributed by atoms with Crippen LogP contribution < -0.4 is 0 Å². The first-order valence-electron chi connectivity index (χ1n) is 8.38. The number of ether oxygens (including phenoxy) is 2. The third-order valence-electron chi connectivity index (χ3n) is 4.98. The van der Waals surface area contributed by atoms with Gasteiger partial charge < -0.3 is 9.47 Å². The Morgan fingerprint density at radius 1 is 1.17 bits per heavy atom. The molecule has 0 N–H and O–H groups in total. The van der Waals surface area contributed by atoms with Crippen molar-refractivity contribution >= 4 is 0 Å². The first-order chi connectivity index (χ1) is 11.6. The average molecular weight is 331 g/mol. The topological polar surface area (TPSA) is 39.5 Å². The smallest absolute Gasteiger partial charge is 0.182 e. The van der Waals surface area contributed by atoms with Crippen LogP contribution in [0.3, 0.4) is 0 Å². The van der Waals surface area contributed by atoms with E-state index in [9.17, 15) is 4.39 Å². The minimum Gasteiger partial charge on any atom is -0.346 e. The average Bonchev–Trinajstić information content (AvgIpc) is 3.26. The Hall–Kier alpha value is -1.76. The van der Waals surface area contributed by atoms with Gasteiger partial charge in [0.05, 0.1) is 31.1 Å². The molecule has 1 spiro atoms. The van der Waals surface area contributed by atoms with E-state index in [1.54, 1.807) is 12.1 Å². The van der Waals surface area contributed by atoms with Crippen LogP contribution in [0.2, 0.25) is 0 Å². The van der Waals surface area contributed by atoms with Crippen molar-refractivity contribution in [1.29, 1.82) is 0 Å². The van der Waals surface area contributed by atoms with Crippen molar-refractivity contribution in [2.75, 3.05) is 26.3 Å². The fourth-order valence-electron chi connectivity index (χ4n) is 3.66. The van der Waals surface area contributed by atoms with Gasteiger partial charge in [-0.15, -0.1) is 0 Å². The van der Waals surface area contributed by atoms with Gasteiger partial charge in [0.2, 0.25) is 0 Å². The number of likely N-dealkylation sites (tertiary alicyclic amines) is 1. The molecule has 2 saturated heterocycles. The number of rotatable bonds is 3. The maximum Gasteiger partial charge on any atom is 0.182 e. The van der Waals surface area contributed by atoms with E-state index in [0.29, 0.717) is 13.2 Å². The summed E-state index contributed by atoms with van der Waals surface area (Å²) in [6, 6.07) is 6.43. The quantitative estimate of drug-likeness (QED) is 0.867. The molecule has 5 nitrogen and oxygen atoms in total. The third-order valence-corrected chi connectivity index (χ3v) is 4.98. The van der Waals surface area contributed by atoms with Gasteiger partial charge >= 0.3 is 0 Å². The largest absolute Gasteiger partial charge is 0.346 e. The highest BCUT2D eigenvalue weighted by molar-refractivity contribution is 5.37. The lowest BCUT2D eigenvalue weighted by Gasteiger charge is -2.22. The standard InChI is InChI=1S/C18H22FN3O2/c1-13-17(11-21-8-7-18(12-21)23-9-10-24-18)14(2)22(20-13)16-5-3-15(19)4-6-16/h3-6H,7-12H2,1-2H3. The zero-order chi connectivity index (χ0) is 16.7. The second kappa shape index (κ2) is 5.95. The molecule has 0 aliphatic carbocycles. The zero-order valence-corrected chi connectivity index (χ0v) is 14.1. The van der Waals surface area contributed by atoms with Crippen LogP contribution in [0, 0.1) is 19.7 Å². The van der Waals surface area contributed by atoms with Crippen LogP contribution in [0.5, 0.6) is 0 Å². The van der Waals surface area contributed by atoms with E-state index in [0.717, 1.165) is 43.1 Å². The first kappa shape index (κ1) is 15.7. The molecule has 2 aliphatic rings. The van der Waals surface area contributed by atoms with Gasteiger partial charge in [-0.3, -0.25) is 4.90 Å². The van der Waals surface area contributed by atoms with Gasteiger partial charge in [0.1, 0.15) is 5.82 Å². The number of aryl methyl sites for hydroxylation is 1. The minimum absolute atomic E-state index is 0.237. The number of halogens is 1. The van der Waals surface area contributed by atoms with Crippen LogP contribution in [0.15, 0.2) is 24.3 Å². The molecule has 2 aliphatic heterocycles. The first-order valence-corrected chi connectivity index (χ1v) is 8.38. The Morgan fingerprint density at radius 2 is 1.88 bits per heavy atom. The molecule has 24 heavy (non-hydrogen) atoms. The SMILES string of the molecule is Cc1nn(-c2ccc(F)cc2)c(C)c1CN1CCC2(C1)OCCO2. The van der Waals surface area contributed by atoms with Crippen molar-refractivity contribution in [3.63, 3.8) is 0 Å². The lowest BCUT2D eigenvalue weighted by atomic mass is 10.2. The summed E-state index contributed by atoms with van der Waals surface area (Å²) in [5.41, 5.74) is 4.19. The minimum atomic E-state index is -0.394. The highest BCUT2D eigenvalue weighted by Gasteiger charge is 2.43. The maximum atomic E-state index is 13.1. The lowest BCUT2D eigenvalue weighted by Crippen LogP contribution is -2.34. The van der Waals surface area contributed by atoms with Gasteiger partial charge in [0, 0.05) is 30.8 Å². The highest BCUT2D eigenvalue weighted by atomic mass is 19.1. The lowest BCUT2D eigenvalue weighted by molar-refractivity contribution is -0.145. The van der Waals surface area contributed by atoms with Crippen LogP contribution in [0.25, 0.3) is 5.69 Å². The monoisotopic (exact) mass is 331 g/mol. The van der Waals surface area contributed by atoms with Gasteiger partial charge in [0.15, 0.2) is 5.79 Å². The molecule has 4 rings (SSSR count). The molecular formula is C18H22FN3O2. The molecule has 128 valence electrons. The fourth-order valence-corrected chi connectivity index (χ4v) is 3.66. The van der Waals surface area contributed by atoms with Gasteiger partial charge in [-0.2, -0.15) is 5.10 Å². The number of hydrogen-bond donors (Lipinski definition) is 0. The molecule has 2 fully saturated rings. The summed E-state index contributed by atoms with van der Waals surface area (Å²) in [6.07, 6.45) is 0.914. The molecule has 6 heteroatoms. The number of nitrogens with zero attached hydrogens (tertiary/aromatic N) is 3. The van der Waals surface area contributed by atoms with Gasteiger partial charge in [-0.1, -0.05) is 0 Å². The summed E-state index contributed by atoms with van der Waals surface area (Å²) in [5, 5.41) is 4.65. The van der Waals surface area contributed by atoms with Crippen LogP contribution in [-0.4, -0.2) is 46.8 Å². The fraction of sp³-hybridized carbons (Fsp3) is 0.500. The van der Waals surface area contributed by atoms with E-state index < -0.39 is 5.79 Å². The summed E-state index contributed by atoms with van der Waals surface area (Å²) >= 11 is 0. The second-order valence-corrected chi connectivity index (χ2v) is 6.61. The van der Waals surface area contributed by atoms with E-state index in [1.165, 1.54) is 17.7 Å². The van der Waals surface area contributed by atoms with Crippen molar-refractivity contribution in [3.8, 4) is 5.69 Å². The van der Waals surface area contributed by atoms with E-state index in [1.807, 2.05) is 11.6 Å². The van der Waals surface area contributed by atoms with Crippen LogP contribution in [-0.2, 0) is 16.0 Å². The molecule has 3 heterocycles. The predicted molar refractivity (Wildman–Crippen MR) is 87.5 cm³/mol. The molecule has 1 aromatic carbocycles. The molecule has 0 radical (unpaired) electrons. The molecule has 0 amide bonds. The molecule has 0 bridgehead atoms. The predicted octanol–water partition coefficient (Wildman–Crippen LogP) is 2.58. The molecule has 0 unspecified atom stereocenters. The van der Waals surface area contributed by atoms with Crippen molar-refractivity contribution < 1.29 is 13.9 Å². The highest BCUT2D eigenvalue weighted by Crippen LogP contribution is 2.32. The van der Waals surface area contributed by atoms with E-state index in [2.05, 4.69) is 16.9 Å². The molecule has 2 aromatic rings. The molecule has 0 saturated carbocycles. The number of benzene rings is 1. The Bertz CT molecular complexity index is 735. The van der Waals surface area contributed by atoms with Crippen molar-refractivity contribution in [1.82, 2.24) is 14.7 Å². The Kier molecular flexibility index (Phi) is 3.90. The van der Waals surface area contributed by atoms with Crippen molar-refractivity contribution in [3.05, 3.63) is 47.0 Å². The molecular weight excluding hydrogens is 309 g/mol. The van der Waals surface area contributed by atoms with Gasteiger partial charge in [-0.25, -0.2) is 9.07 Å². The summed E-state index contributed by atoms with van der Waals surface area (Å²) in [7, 11) is 0. The Balaban J connectivity index is 1.55. The van der Waals surface area contributed by atoms with Crippen molar-refractivity contribution in [2.45, 2.75) is 32.6 Å². The summed E-state index contributed by atoms with van der Waals surface area (Å²) in [5.74, 6) is -0.631. The van der Waals surface area contributed by atoms with Crippen LogP contribution in [0.4, 0.5) is 4.39 Å². The Labute approximate surface area is 141 Å². The summed E-state index contributed by atoms with van der Waals surface area (Å²) in [4.78, 5) is 2.36. The Morgan fingerprint density at radius 3 is 2.58 bits per heavy atom. The van der Waals surface area contributed by atoms with E-state index in [-0.39, 0.29) is 5.82 Å². The van der Waals surface area contributed by atoms with E-state index >= 15 is 0 Å². The van der Waals surface area contributed by atoms with Crippen LogP contribution >= 0.6 is 0 Å². The molecule has 0 atom stereocenters. The molecule has 1 aromatic heterocycles.